The fourth-order valence-electron chi connectivity index (χ4n) is 10.9. The van der Waals surface area contributed by atoms with Crippen molar-refractivity contribution in [3.8, 4) is 39.6 Å². The van der Waals surface area contributed by atoms with Crippen LogP contribution in [0.5, 0.6) is 11.5 Å². The number of fused-ring (bicyclic) bond motifs is 7. The Morgan fingerprint density at radius 1 is 0.521 bits per heavy atom. The molecule has 1 aliphatic carbocycles. The zero-order valence-corrected chi connectivity index (χ0v) is 41.6. The van der Waals surface area contributed by atoms with Crippen LogP contribution in [0.3, 0.4) is 0 Å². The smallest absolute Gasteiger partial charge is 0.509 e. The molecule has 2 aromatic heterocycles. The van der Waals surface area contributed by atoms with Gasteiger partial charge in [0, 0.05) is 41.4 Å². The van der Waals surface area contributed by atoms with E-state index in [1.165, 1.54) is 38.9 Å². The Morgan fingerprint density at radius 3 is 1.90 bits per heavy atom. The van der Waals surface area contributed by atoms with E-state index in [4.69, 9.17) is 9.72 Å². The summed E-state index contributed by atoms with van der Waals surface area (Å²) in [5.41, 5.74) is 16.3. The minimum Gasteiger partial charge on any atom is -0.509 e. The van der Waals surface area contributed by atoms with Gasteiger partial charge in [0.1, 0.15) is 11.5 Å². The molecule has 0 radical (unpaired) electrons. The van der Waals surface area contributed by atoms with Crippen LogP contribution in [0.4, 0.5) is 22.7 Å². The molecule has 11 aromatic rings. The van der Waals surface area contributed by atoms with Gasteiger partial charge in [-0.15, -0.1) is 23.6 Å². The summed E-state index contributed by atoms with van der Waals surface area (Å²) < 4.78 is 13.1. The first kappa shape index (κ1) is 44.0. The molecule has 0 unspecified atom stereocenters. The summed E-state index contributed by atoms with van der Waals surface area (Å²) in [6, 6.07) is 88.8. The van der Waals surface area contributed by atoms with Crippen LogP contribution in [-0.2, 0) is 31.9 Å². The van der Waals surface area contributed by atoms with Gasteiger partial charge in [-0.2, -0.15) is 12.1 Å². The first-order valence-corrected chi connectivity index (χ1v) is 23.9. The third-order valence-corrected chi connectivity index (χ3v) is 14.1. The molecule has 0 amide bonds. The molecule has 6 heteroatoms. The molecule has 13 rings (SSSR count). The van der Waals surface area contributed by atoms with Crippen LogP contribution in [0.15, 0.2) is 225 Å². The second-order valence-electron chi connectivity index (χ2n) is 19.2. The Kier molecular flexibility index (Phi) is 10.8. The number of pyridine rings is 1. The normalized spacial score (nSPS) is 13.2. The van der Waals surface area contributed by atoms with Crippen molar-refractivity contribution in [2.45, 2.75) is 31.6 Å². The van der Waals surface area contributed by atoms with Crippen LogP contribution >= 0.6 is 0 Å². The van der Waals surface area contributed by atoms with Crippen molar-refractivity contribution in [2.24, 2.45) is 0 Å². The van der Waals surface area contributed by atoms with Gasteiger partial charge in [-0.3, -0.25) is 0 Å². The van der Waals surface area contributed by atoms with Gasteiger partial charge < -0.3 is 9.30 Å². The standard InChI is InChI=1S/C65H46N4O.Pt/c1-64(2,3)46-37-38-66-63(40-46)69-59-32-14-10-28-54(59)55-36-35-50(42-62(55)69)70-49-24-18-23-48(41-49)67-43-68(61-34-16-15-33-60(61)67)58-31-13-9-25-51(58)44-19-17-22-47(39-44)65(45-20-5-4-6-21-45)56-29-11-7-26-52(56)53-27-8-12-30-57(53)65;/h4-40H,1-3H3;/q;+2. The first-order valence-electron chi connectivity index (χ1n) is 23.9. The average Bonchev–Trinajstić information content (AvgIpc) is 4.06. The Hall–Kier alpha value is -8.20. The molecular formula is C65H46N4OPt+2. The summed E-state index contributed by atoms with van der Waals surface area (Å²) in [7, 11) is 0. The summed E-state index contributed by atoms with van der Waals surface area (Å²) in [6.07, 6.45) is 1.90. The zero-order valence-electron chi connectivity index (χ0n) is 39.4. The Balaban J connectivity index is 0.00000517. The molecule has 1 aliphatic heterocycles. The van der Waals surface area contributed by atoms with E-state index in [1.54, 1.807) is 0 Å². The molecule has 9 aromatic carbocycles. The fraction of sp³-hybridized carbons (Fsp3) is 0.0769. The van der Waals surface area contributed by atoms with Crippen LogP contribution in [0, 0.1) is 12.1 Å². The van der Waals surface area contributed by atoms with Crippen molar-refractivity contribution in [1.29, 1.82) is 0 Å². The summed E-state index contributed by atoms with van der Waals surface area (Å²) in [4.78, 5) is 4.86. The Morgan fingerprint density at radius 2 is 1.14 bits per heavy atom. The van der Waals surface area contributed by atoms with Gasteiger partial charge in [-0.05, 0) is 90.2 Å². The van der Waals surface area contributed by atoms with E-state index in [1.807, 2.05) is 24.4 Å². The molecule has 0 bridgehead atoms. The van der Waals surface area contributed by atoms with Crippen LogP contribution in [0.1, 0.15) is 48.6 Å². The van der Waals surface area contributed by atoms with E-state index in [-0.39, 0.29) is 26.5 Å². The molecule has 3 heterocycles. The van der Waals surface area contributed by atoms with Crippen molar-refractivity contribution in [3.63, 3.8) is 0 Å². The van der Waals surface area contributed by atoms with E-state index >= 15 is 0 Å². The number of benzene rings is 9. The maximum atomic E-state index is 6.65. The predicted octanol–water partition coefficient (Wildman–Crippen LogP) is 15.8. The second kappa shape index (κ2) is 17.3. The van der Waals surface area contributed by atoms with E-state index in [9.17, 15) is 0 Å². The van der Waals surface area contributed by atoms with E-state index in [0.29, 0.717) is 11.5 Å². The van der Waals surface area contributed by atoms with Gasteiger partial charge in [0.05, 0.1) is 11.0 Å². The number of ether oxygens (including phenoxy) is 1. The molecule has 340 valence electrons. The Labute approximate surface area is 428 Å². The molecule has 5 nitrogen and oxygen atoms in total. The molecule has 0 atom stereocenters. The van der Waals surface area contributed by atoms with Crippen LogP contribution in [0.2, 0.25) is 0 Å². The predicted molar refractivity (Wildman–Crippen MR) is 285 cm³/mol. The van der Waals surface area contributed by atoms with E-state index < -0.39 is 5.41 Å². The van der Waals surface area contributed by atoms with Gasteiger partial charge in [-0.1, -0.05) is 183 Å². The maximum Gasteiger partial charge on any atom is 2.00 e. The van der Waals surface area contributed by atoms with Crippen molar-refractivity contribution < 1.29 is 25.8 Å². The molecule has 71 heavy (non-hydrogen) atoms. The van der Waals surface area contributed by atoms with E-state index in [2.05, 4.69) is 253 Å². The minimum atomic E-state index is -0.505. The molecular weight excluding hydrogens is 1050 g/mol. The number of nitrogens with zero attached hydrogens (tertiary/aromatic N) is 4. The quantitative estimate of drug-likeness (QED) is 0.112. The summed E-state index contributed by atoms with van der Waals surface area (Å²) in [5.74, 6) is 2.00. The number of aromatic nitrogens is 2. The third-order valence-electron chi connectivity index (χ3n) is 14.1. The van der Waals surface area contributed by atoms with Crippen LogP contribution in [-0.4, -0.2) is 15.6 Å². The molecule has 0 spiro atoms. The van der Waals surface area contributed by atoms with Gasteiger partial charge in [0.25, 0.3) is 11.4 Å². The largest absolute Gasteiger partial charge is 2.00 e. The van der Waals surface area contributed by atoms with Gasteiger partial charge in [-0.25, -0.2) is 4.98 Å². The number of hydrogen-bond acceptors (Lipinski definition) is 2. The monoisotopic (exact) mass is 1090 g/mol. The average molecular weight is 1090 g/mol. The molecule has 0 N–H and O–H groups in total. The van der Waals surface area contributed by atoms with E-state index in [0.717, 1.165) is 61.5 Å². The van der Waals surface area contributed by atoms with Crippen molar-refractivity contribution in [3.05, 3.63) is 265 Å². The molecule has 0 saturated carbocycles. The third kappa shape index (κ3) is 7.15. The van der Waals surface area contributed by atoms with Gasteiger partial charge in [0.2, 0.25) is 5.69 Å². The van der Waals surface area contributed by atoms with Gasteiger partial charge in [0.15, 0.2) is 0 Å². The van der Waals surface area contributed by atoms with Crippen molar-refractivity contribution in [1.82, 2.24) is 18.7 Å². The molecule has 2 aliphatic rings. The molecule has 0 saturated heterocycles. The minimum absolute atomic E-state index is 0. The number of para-hydroxylation sites is 4. The summed E-state index contributed by atoms with van der Waals surface area (Å²) in [5, 5.41) is 2.22. The number of hydrogen-bond donors (Lipinski definition) is 0. The van der Waals surface area contributed by atoms with Crippen molar-refractivity contribution >= 4 is 50.6 Å². The Bertz CT molecular complexity index is 3920. The topological polar surface area (TPSA) is 33.1 Å². The first-order chi connectivity index (χ1) is 34.3. The second-order valence-corrected chi connectivity index (χ2v) is 19.2. The zero-order chi connectivity index (χ0) is 47.0. The van der Waals surface area contributed by atoms with Crippen LogP contribution < -0.4 is 13.9 Å². The fourth-order valence-corrected chi connectivity index (χ4v) is 10.9. The molecule has 0 fully saturated rings. The maximum absolute atomic E-state index is 6.65. The number of rotatable bonds is 8. The summed E-state index contributed by atoms with van der Waals surface area (Å²) in [6.45, 7) is 6.68. The summed E-state index contributed by atoms with van der Waals surface area (Å²) >= 11 is 0. The SMILES string of the molecule is CC(C)(C)c1ccnc(-n2c3[c-]c(Oc4[c-]c([N+]5=C=[N+](c6ccccc6-c6cccc(C7(c8ccccc8)c8ccccc8-c8ccccc87)c6)c6ccccc65)ccc4)ccc3c3ccccc32)c1.[Pt+2]. The van der Waals surface area contributed by atoms with Crippen molar-refractivity contribution in [2.75, 3.05) is 0 Å². The van der Waals surface area contributed by atoms with Gasteiger partial charge >= 0.3 is 27.1 Å². The van der Waals surface area contributed by atoms with Crippen LogP contribution in [0.25, 0.3) is 49.9 Å².